The molecule has 2 rings (SSSR count). The number of carboxylic acids is 2. The highest BCUT2D eigenvalue weighted by atomic mass is 16.5. The Morgan fingerprint density at radius 3 is 1.06 bits per heavy atom. The predicted molar refractivity (Wildman–Crippen MR) is 181 cm³/mol. The van der Waals surface area contributed by atoms with Gasteiger partial charge in [-0.15, -0.1) is 0 Å². The summed E-state index contributed by atoms with van der Waals surface area (Å²) in [6.07, 6.45) is -0.820. The van der Waals surface area contributed by atoms with Crippen molar-refractivity contribution in [2.45, 2.75) is 72.0 Å². The maximum Gasteiger partial charge on any atom is 0.333 e. The fourth-order valence-electron chi connectivity index (χ4n) is 3.53. The van der Waals surface area contributed by atoms with Crippen LogP contribution < -0.4 is 0 Å². The first-order valence-electron chi connectivity index (χ1n) is 14.7. The number of carbonyl (C=O) groups excluding carboxylic acids is 2. The van der Waals surface area contributed by atoms with Gasteiger partial charge in [0.25, 0.3) is 0 Å². The second-order valence-electron chi connectivity index (χ2n) is 11.7. The lowest BCUT2D eigenvalue weighted by Crippen LogP contribution is -2.22. The van der Waals surface area contributed by atoms with Crippen molar-refractivity contribution in [3.05, 3.63) is 119 Å². The highest BCUT2D eigenvalue weighted by Crippen LogP contribution is 2.32. The fourth-order valence-corrected chi connectivity index (χ4v) is 3.53. The molecule has 47 heavy (non-hydrogen) atoms. The lowest BCUT2D eigenvalue weighted by Gasteiger charge is -2.27. The van der Waals surface area contributed by atoms with Crippen molar-refractivity contribution in [3.8, 4) is 0 Å². The van der Waals surface area contributed by atoms with Crippen LogP contribution in [-0.2, 0) is 46.9 Å². The van der Waals surface area contributed by atoms with E-state index in [-0.39, 0.29) is 29.8 Å². The summed E-state index contributed by atoms with van der Waals surface area (Å²) in [6.45, 7) is 23.5. The molecule has 2 atom stereocenters. The molecule has 0 radical (unpaired) electrons. The minimum absolute atomic E-state index is 0.0731. The molecule has 10 nitrogen and oxygen atoms in total. The Bertz CT molecular complexity index is 1280. The predicted octanol–water partition coefficient (Wildman–Crippen LogP) is 5.35. The molecular formula is C37H48O10. The summed E-state index contributed by atoms with van der Waals surface area (Å²) >= 11 is 0. The maximum absolute atomic E-state index is 11.5. The van der Waals surface area contributed by atoms with Crippen molar-refractivity contribution in [3.63, 3.8) is 0 Å². The fraction of sp³-hybridized carbons (Fsp3) is 0.351. The third-order valence-electron chi connectivity index (χ3n) is 6.53. The largest absolute Gasteiger partial charge is 0.478 e. The van der Waals surface area contributed by atoms with E-state index in [9.17, 15) is 29.4 Å². The Morgan fingerprint density at radius 2 is 0.851 bits per heavy atom. The standard InChI is InChI=1S/C29H36O6.2C4H6O2/c1-19(2)27(32)34-17-25(30)15-21-7-11-23(12-8-21)29(5,6)24-13-9-22(10-14-24)16-26(31)18-35-28(33)20(3)4;2*1-3(2)4(5)6/h7-14,25-26,30-31H,1,3,15-18H2,2,4-6H3;2*1H2,2H3,(H,5,6). The zero-order chi connectivity index (χ0) is 36.5. The van der Waals surface area contributed by atoms with Crippen LogP contribution in [0.4, 0.5) is 0 Å². The molecule has 2 unspecified atom stereocenters. The second kappa shape index (κ2) is 20.3. The van der Waals surface area contributed by atoms with Crippen molar-refractivity contribution in [2.24, 2.45) is 0 Å². The number of carboxylic acid groups (broad SMARTS) is 2. The average Bonchev–Trinajstić information content (AvgIpc) is 2.99. The lowest BCUT2D eigenvalue weighted by molar-refractivity contribution is -0.142. The molecule has 0 aliphatic heterocycles. The normalized spacial score (nSPS) is 11.6. The molecule has 256 valence electrons. The number of benzene rings is 2. The Balaban J connectivity index is 0.00000149. The van der Waals surface area contributed by atoms with Crippen molar-refractivity contribution in [1.82, 2.24) is 0 Å². The quantitative estimate of drug-likeness (QED) is 0.154. The van der Waals surface area contributed by atoms with Crippen molar-refractivity contribution in [1.29, 1.82) is 0 Å². The van der Waals surface area contributed by atoms with Gasteiger partial charge in [-0.25, -0.2) is 19.2 Å². The molecule has 0 aliphatic carbocycles. The number of rotatable bonds is 14. The van der Waals surface area contributed by atoms with Gasteiger partial charge in [0.05, 0.1) is 12.2 Å². The summed E-state index contributed by atoms with van der Waals surface area (Å²) in [5.41, 5.74) is 4.81. The van der Waals surface area contributed by atoms with Gasteiger partial charge in [-0.3, -0.25) is 0 Å². The van der Waals surface area contributed by atoms with Gasteiger partial charge in [-0.2, -0.15) is 0 Å². The average molecular weight is 653 g/mol. The van der Waals surface area contributed by atoms with E-state index in [2.05, 4.69) is 40.2 Å². The first-order chi connectivity index (χ1) is 21.7. The van der Waals surface area contributed by atoms with Gasteiger partial charge in [0.2, 0.25) is 0 Å². The van der Waals surface area contributed by atoms with E-state index in [4.69, 9.17) is 19.7 Å². The minimum atomic E-state index is -0.935. The number of esters is 2. The molecule has 0 saturated carbocycles. The van der Waals surface area contributed by atoms with E-state index in [1.807, 2.05) is 48.5 Å². The van der Waals surface area contributed by atoms with Crippen molar-refractivity contribution >= 4 is 23.9 Å². The Labute approximate surface area is 277 Å². The Kier molecular flexibility index (Phi) is 18.3. The molecule has 0 heterocycles. The number of aliphatic hydroxyl groups is 2. The number of aliphatic carboxylic acids is 2. The van der Waals surface area contributed by atoms with Gasteiger partial charge in [-0.1, -0.05) is 88.7 Å². The third kappa shape index (κ3) is 16.9. The first-order valence-corrected chi connectivity index (χ1v) is 14.7. The smallest absolute Gasteiger partial charge is 0.333 e. The number of carbonyl (C=O) groups is 4. The van der Waals surface area contributed by atoms with Crippen LogP contribution >= 0.6 is 0 Å². The van der Waals surface area contributed by atoms with Crippen LogP contribution in [0.25, 0.3) is 0 Å². The lowest BCUT2D eigenvalue weighted by atomic mass is 9.77. The molecule has 2 aromatic carbocycles. The van der Waals surface area contributed by atoms with Gasteiger partial charge < -0.3 is 29.9 Å². The minimum Gasteiger partial charge on any atom is -0.478 e. The van der Waals surface area contributed by atoms with Gasteiger partial charge >= 0.3 is 23.9 Å². The zero-order valence-electron chi connectivity index (χ0n) is 28.2. The molecule has 0 bridgehead atoms. The molecule has 10 heteroatoms. The van der Waals surface area contributed by atoms with Crippen LogP contribution in [0.5, 0.6) is 0 Å². The monoisotopic (exact) mass is 652 g/mol. The summed E-state index contributed by atoms with van der Waals surface area (Å²) < 4.78 is 10.0. The summed E-state index contributed by atoms with van der Waals surface area (Å²) in [6, 6.07) is 16.0. The molecule has 0 spiro atoms. The topological polar surface area (TPSA) is 168 Å². The van der Waals surface area contributed by atoms with E-state index in [1.165, 1.54) is 13.8 Å². The molecule has 0 amide bonds. The molecule has 0 saturated heterocycles. The first kappa shape index (κ1) is 42.2. The summed E-state index contributed by atoms with van der Waals surface area (Å²) in [5, 5.41) is 36.1. The van der Waals surface area contributed by atoms with Crippen molar-refractivity contribution < 1.29 is 49.1 Å². The number of hydrogen-bond donors (Lipinski definition) is 4. The third-order valence-corrected chi connectivity index (χ3v) is 6.53. The summed E-state index contributed by atoms with van der Waals surface area (Å²) in [5.74, 6) is -2.88. The number of aliphatic hydroxyl groups excluding tert-OH is 2. The van der Waals surface area contributed by atoms with Crippen LogP contribution in [0.1, 0.15) is 63.8 Å². The highest BCUT2D eigenvalue weighted by Gasteiger charge is 2.23. The molecule has 0 fully saturated rings. The van der Waals surface area contributed by atoms with Crippen LogP contribution in [0, 0.1) is 0 Å². The van der Waals surface area contributed by atoms with Crippen LogP contribution in [0.3, 0.4) is 0 Å². The van der Waals surface area contributed by atoms with Crippen LogP contribution in [0.2, 0.25) is 0 Å². The van der Waals surface area contributed by atoms with Crippen LogP contribution in [-0.4, -0.2) is 69.7 Å². The van der Waals surface area contributed by atoms with E-state index < -0.39 is 36.1 Å². The van der Waals surface area contributed by atoms with E-state index in [0.717, 1.165) is 22.3 Å². The van der Waals surface area contributed by atoms with Crippen molar-refractivity contribution in [2.75, 3.05) is 13.2 Å². The number of ether oxygens (including phenoxy) is 2. The van der Waals surface area contributed by atoms with Gasteiger partial charge in [0, 0.05) is 40.5 Å². The highest BCUT2D eigenvalue weighted by molar-refractivity contribution is 5.87. The van der Waals surface area contributed by atoms with E-state index in [1.54, 1.807) is 13.8 Å². The molecule has 0 aliphatic rings. The van der Waals surface area contributed by atoms with Gasteiger partial charge in [0.1, 0.15) is 13.2 Å². The number of hydrogen-bond acceptors (Lipinski definition) is 8. The molecule has 4 N–H and O–H groups in total. The molecule has 0 aromatic heterocycles. The van der Waals surface area contributed by atoms with Crippen LogP contribution in [0.15, 0.2) is 97.1 Å². The van der Waals surface area contributed by atoms with Gasteiger partial charge in [-0.05, 0) is 49.9 Å². The van der Waals surface area contributed by atoms with E-state index >= 15 is 0 Å². The maximum atomic E-state index is 11.5. The summed E-state index contributed by atoms with van der Waals surface area (Å²) in [7, 11) is 0. The second-order valence-corrected chi connectivity index (χ2v) is 11.7. The van der Waals surface area contributed by atoms with Gasteiger partial charge in [0.15, 0.2) is 0 Å². The molecule has 2 aromatic rings. The SMILES string of the molecule is C=C(C)C(=O)O.C=C(C)C(=O)O.C=C(C)C(=O)OCC(O)Cc1ccc(C(C)(C)c2ccc(CC(O)COC(=O)C(=C)C)cc2)cc1. The zero-order valence-corrected chi connectivity index (χ0v) is 28.2. The molecular weight excluding hydrogens is 604 g/mol. The Morgan fingerprint density at radius 1 is 0.596 bits per heavy atom. The summed E-state index contributed by atoms with van der Waals surface area (Å²) in [4.78, 5) is 42.1. The Hall–Kier alpha value is -4.80. The van der Waals surface area contributed by atoms with E-state index in [0.29, 0.717) is 24.0 Å².